The Morgan fingerprint density at radius 3 is 1.23 bits per heavy atom. The van der Waals surface area contributed by atoms with Gasteiger partial charge in [0.05, 0.1) is 39.6 Å². The van der Waals surface area contributed by atoms with Crippen molar-refractivity contribution >= 4 is 7.32 Å². The third-order valence-corrected chi connectivity index (χ3v) is 1.04. The van der Waals surface area contributed by atoms with Crippen molar-refractivity contribution in [1.82, 2.24) is 0 Å². The lowest BCUT2D eigenvalue weighted by Gasteiger charge is -2.12. The summed E-state index contributed by atoms with van der Waals surface area (Å²) in [6.07, 6.45) is 0. The molecule has 0 rings (SSSR count). The maximum atomic E-state index is 8.43. The zero-order valence-electron chi connectivity index (χ0n) is 7.39. The van der Waals surface area contributed by atoms with Crippen LogP contribution in [-0.4, -0.2) is 62.3 Å². The van der Waals surface area contributed by atoms with Crippen LogP contribution in [-0.2, 0) is 14.0 Å². The zero-order valence-corrected chi connectivity index (χ0v) is 7.39. The van der Waals surface area contributed by atoms with E-state index in [-0.39, 0.29) is 39.6 Å². The average Bonchev–Trinajstić information content (AvgIpc) is 2.17. The second-order valence-corrected chi connectivity index (χ2v) is 2.07. The molecule has 0 fully saturated rings. The lowest BCUT2D eigenvalue weighted by Crippen LogP contribution is -2.30. The van der Waals surface area contributed by atoms with Gasteiger partial charge < -0.3 is 29.3 Å². The summed E-state index contributed by atoms with van der Waals surface area (Å²) in [4.78, 5) is 0. The number of hydrogen-bond donors (Lipinski definition) is 3. The molecule has 0 aliphatic heterocycles. The number of rotatable bonds is 9. The maximum Gasteiger partial charge on any atom is 0.639 e. The van der Waals surface area contributed by atoms with Crippen LogP contribution in [0.15, 0.2) is 0 Å². The van der Waals surface area contributed by atoms with Gasteiger partial charge in [0, 0.05) is 0 Å². The normalized spacial score (nSPS) is 10.4. The molecule has 7 heteroatoms. The summed E-state index contributed by atoms with van der Waals surface area (Å²) in [7, 11) is -0.938. The Morgan fingerprint density at radius 1 is 0.692 bits per heavy atom. The first kappa shape index (κ1) is 12.8. The van der Waals surface area contributed by atoms with Crippen LogP contribution >= 0.6 is 0 Å². The van der Waals surface area contributed by atoms with Crippen LogP contribution in [0.5, 0.6) is 0 Å². The summed E-state index contributed by atoms with van der Waals surface area (Å²) in [6, 6.07) is 0. The van der Waals surface area contributed by atoms with E-state index in [1.807, 2.05) is 0 Å². The van der Waals surface area contributed by atoms with E-state index in [2.05, 4.69) is 0 Å². The van der Waals surface area contributed by atoms with Gasteiger partial charge >= 0.3 is 7.32 Å². The van der Waals surface area contributed by atoms with E-state index < -0.39 is 7.32 Å². The van der Waals surface area contributed by atoms with Gasteiger partial charge in [0.25, 0.3) is 0 Å². The van der Waals surface area contributed by atoms with Gasteiger partial charge in [0.1, 0.15) is 0 Å². The van der Waals surface area contributed by atoms with Crippen LogP contribution in [0.3, 0.4) is 0 Å². The largest absolute Gasteiger partial charge is 0.639 e. The van der Waals surface area contributed by atoms with Gasteiger partial charge in [0.15, 0.2) is 0 Å². The summed E-state index contributed by atoms with van der Waals surface area (Å²) in [5.41, 5.74) is 0. The summed E-state index contributed by atoms with van der Waals surface area (Å²) >= 11 is 0. The van der Waals surface area contributed by atoms with Gasteiger partial charge in [-0.25, -0.2) is 0 Å². The van der Waals surface area contributed by atoms with Gasteiger partial charge in [-0.2, -0.15) is 0 Å². The Morgan fingerprint density at radius 2 is 1.00 bits per heavy atom. The van der Waals surface area contributed by atoms with E-state index in [0.717, 1.165) is 0 Å². The fourth-order valence-electron chi connectivity index (χ4n) is 0.591. The van der Waals surface area contributed by atoms with Crippen LogP contribution in [0.1, 0.15) is 0 Å². The van der Waals surface area contributed by atoms with Crippen molar-refractivity contribution in [3.05, 3.63) is 0 Å². The average molecular weight is 194 g/mol. The van der Waals surface area contributed by atoms with Crippen molar-refractivity contribution in [1.29, 1.82) is 0 Å². The van der Waals surface area contributed by atoms with Crippen molar-refractivity contribution in [3.63, 3.8) is 0 Å². The van der Waals surface area contributed by atoms with Gasteiger partial charge in [-0.15, -0.1) is 0 Å². The molecule has 78 valence electrons. The lowest BCUT2D eigenvalue weighted by molar-refractivity contribution is 0.0552. The standard InChI is InChI=1S/C6H15BO6/c8-1-4-11-7(12-5-2-9)13-6-3-10/h8-10H,1-6H2. The molecule has 0 saturated heterocycles. The smallest absolute Gasteiger partial charge is 0.394 e. The quantitative estimate of drug-likeness (QED) is 0.368. The number of hydrogen-bond acceptors (Lipinski definition) is 6. The van der Waals surface area contributed by atoms with Crippen LogP contribution in [0.2, 0.25) is 0 Å². The summed E-state index contributed by atoms with van der Waals surface area (Å²) in [5.74, 6) is 0. The zero-order chi connectivity index (χ0) is 9.94. The van der Waals surface area contributed by atoms with Crippen LogP contribution < -0.4 is 0 Å². The molecule has 0 heterocycles. The Balaban J connectivity index is 3.47. The number of aliphatic hydroxyl groups is 3. The van der Waals surface area contributed by atoms with Crippen LogP contribution in [0.4, 0.5) is 0 Å². The molecule has 3 N–H and O–H groups in total. The van der Waals surface area contributed by atoms with Gasteiger partial charge in [-0.3, -0.25) is 0 Å². The van der Waals surface area contributed by atoms with E-state index in [9.17, 15) is 0 Å². The number of aliphatic hydroxyl groups excluding tert-OH is 3. The van der Waals surface area contributed by atoms with E-state index in [1.54, 1.807) is 0 Å². The molecule has 0 amide bonds. The first-order valence-electron chi connectivity index (χ1n) is 4.02. The third kappa shape index (κ3) is 8.16. The monoisotopic (exact) mass is 194 g/mol. The molecule has 0 spiro atoms. The Labute approximate surface area is 77.2 Å². The van der Waals surface area contributed by atoms with Crippen molar-refractivity contribution in [2.75, 3.05) is 39.6 Å². The first-order chi connectivity index (χ1) is 6.35. The molecular formula is C6H15BO6. The molecule has 0 aliphatic carbocycles. The minimum Gasteiger partial charge on any atom is -0.394 e. The predicted molar refractivity (Wildman–Crippen MR) is 44.9 cm³/mol. The highest BCUT2D eigenvalue weighted by Gasteiger charge is 2.20. The lowest BCUT2D eigenvalue weighted by atomic mass is 10.2. The molecule has 0 atom stereocenters. The van der Waals surface area contributed by atoms with Gasteiger partial charge in [-0.1, -0.05) is 0 Å². The van der Waals surface area contributed by atoms with Crippen molar-refractivity contribution in [3.8, 4) is 0 Å². The molecular weight excluding hydrogens is 179 g/mol. The molecule has 0 bridgehead atoms. The van der Waals surface area contributed by atoms with Gasteiger partial charge in [0.2, 0.25) is 0 Å². The highest BCUT2D eigenvalue weighted by molar-refractivity contribution is 6.36. The topological polar surface area (TPSA) is 88.4 Å². The second-order valence-electron chi connectivity index (χ2n) is 2.07. The van der Waals surface area contributed by atoms with E-state index in [1.165, 1.54) is 0 Å². The van der Waals surface area contributed by atoms with Gasteiger partial charge in [-0.05, 0) is 0 Å². The van der Waals surface area contributed by atoms with Crippen molar-refractivity contribution < 1.29 is 29.3 Å². The van der Waals surface area contributed by atoms with Crippen molar-refractivity contribution in [2.24, 2.45) is 0 Å². The fraction of sp³-hybridized carbons (Fsp3) is 1.00. The molecule has 13 heavy (non-hydrogen) atoms. The molecule has 0 aromatic rings. The molecule has 0 aromatic heterocycles. The minimum atomic E-state index is -0.938. The highest BCUT2D eigenvalue weighted by atomic mass is 16.7. The highest BCUT2D eigenvalue weighted by Crippen LogP contribution is 1.91. The fourth-order valence-corrected chi connectivity index (χ4v) is 0.591. The summed E-state index contributed by atoms with van der Waals surface area (Å²) < 4.78 is 14.6. The molecule has 0 aromatic carbocycles. The summed E-state index contributed by atoms with van der Waals surface area (Å²) in [6.45, 7) is -0.158. The molecule has 0 unspecified atom stereocenters. The van der Waals surface area contributed by atoms with Crippen LogP contribution in [0.25, 0.3) is 0 Å². The SMILES string of the molecule is OCCOB(OCCO)OCCO. The molecule has 0 aliphatic rings. The molecule has 0 saturated carbocycles. The second kappa shape index (κ2) is 9.91. The Bertz CT molecular complexity index is 84.1. The Hall–Kier alpha value is -0.175. The van der Waals surface area contributed by atoms with E-state index in [4.69, 9.17) is 29.3 Å². The summed E-state index contributed by atoms with van der Waals surface area (Å²) in [5, 5.41) is 25.3. The Kier molecular flexibility index (Phi) is 9.78. The van der Waals surface area contributed by atoms with Crippen LogP contribution in [0, 0.1) is 0 Å². The van der Waals surface area contributed by atoms with E-state index >= 15 is 0 Å². The third-order valence-electron chi connectivity index (χ3n) is 1.04. The molecule has 6 nitrogen and oxygen atoms in total. The maximum absolute atomic E-state index is 8.43. The predicted octanol–water partition coefficient (Wildman–Crippen LogP) is -2.00. The van der Waals surface area contributed by atoms with Crippen molar-refractivity contribution in [2.45, 2.75) is 0 Å². The minimum absolute atomic E-state index is 0.0848. The van der Waals surface area contributed by atoms with E-state index in [0.29, 0.717) is 0 Å². The first-order valence-corrected chi connectivity index (χ1v) is 4.02. The molecule has 0 radical (unpaired) electrons.